The van der Waals surface area contributed by atoms with Gasteiger partial charge in [0.2, 0.25) is 11.5 Å². The number of hydrogen-bond donors (Lipinski definition) is 0. The minimum Gasteiger partial charge on any atom is -0.493 e. The summed E-state index contributed by atoms with van der Waals surface area (Å²) in [4.78, 5) is 0. The smallest absolute Gasteiger partial charge is 0.493 e. The summed E-state index contributed by atoms with van der Waals surface area (Å²) in [7, 11) is -2.70. The molecular formula is C14H14F6O6S. The minimum absolute atomic E-state index is 0.0811. The molecule has 0 aliphatic carbocycles. The summed E-state index contributed by atoms with van der Waals surface area (Å²) in [5.41, 5.74) is -5.91. The molecule has 0 heterocycles. The summed E-state index contributed by atoms with van der Waals surface area (Å²) in [6.07, 6.45) is -5.96. The average molecular weight is 424 g/mol. The van der Waals surface area contributed by atoms with Crippen LogP contribution in [0.4, 0.5) is 26.3 Å². The molecule has 0 atom stereocenters. The largest absolute Gasteiger partial charge is 0.534 e. The van der Waals surface area contributed by atoms with Crippen molar-refractivity contribution in [1.82, 2.24) is 0 Å². The molecule has 0 spiro atoms. The van der Waals surface area contributed by atoms with Crippen molar-refractivity contribution in [3.63, 3.8) is 0 Å². The SMILES string of the molecule is COc1cc(CC=C(OS(=O)(=O)C(F)(F)F)C(F)(F)F)cc(OC)c1OC. The highest BCUT2D eigenvalue weighted by atomic mass is 32.2. The van der Waals surface area contributed by atoms with Crippen LogP contribution in [0.2, 0.25) is 0 Å². The van der Waals surface area contributed by atoms with Gasteiger partial charge in [-0.2, -0.15) is 34.8 Å². The van der Waals surface area contributed by atoms with Gasteiger partial charge in [0.25, 0.3) is 0 Å². The highest BCUT2D eigenvalue weighted by Crippen LogP contribution is 2.39. The topological polar surface area (TPSA) is 71.1 Å². The summed E-state index contributed by atoms with van der Waals surface area (Å²) >= 11 is 0. The number of rotatable bonds is 7. The second-order valence-corrected chi connectivity index (χ2v) is 6.32. The first kappa shape index (κ1) is 22.7. The van der Waals surface area contributed by atoms with Crippen molar-refractivity contribution in [2.75, 3.05) is 21.3 Å². The van der Waals surface area contributed by atoms with Crippen LogP contribution in [0.1, 0.15) is 5.56 Å². The van der Waals surface area contributed by atoms with E-state index < -0.39 is 34.0 Å². The van der Waals surface area contributed by atoms with Crippen LogP contribution in [-0.4, -0.2) is 41.4 Å². The van der Waals surface area contributed by atoms with Gasteiger partial charge in [0.15, 0.2) is 11.5 Å². The van der Waals surface area contributed by atoms with E-state index in [4.69, 9.17) is 14.2 Å². The molecule has 1 rings (SSSR count). The molecule has 0 amide bonds. The van der Waals surface area contributed by atoms with Gasteiger partial charge >= 0.3 is 21.8 Å². The highest BCUT2D eigenvalue weighted by Gasteiger charge is 2.51. The van der Waals surface area contributed by atoms with Gasteiger partial charge in [-0.25, -0.2) is 0 Å². The number of hydrogen-bond acceptors (Lipinski definition) is 6. The van der Waals surface area contributed by atoms with Gasteiger partial charge in [-0.05, 0) is 30.2 Å². The second kappa shape index (κ2) is 8.15. The summed E-state index contributed by atoms with van der Waals surface area (Å²) in [5, 5.41) is 0. The molecule has 1 aromatic carbocycles. The third-order valence-corrected chi connectivity index (χ3v) is 3.98. The van der Waals surface area contributed by atoms with E-state index in [1.807, 2.05) is 0 Å². The highest BCUT2D eigenvalue weighted by molar-refractivity contribution is 7.87. The Kier molecular flexibility index (Phi) is 6.86. The average Bonchev–Trinajstić information content (AvgIpc) is 2.55. The van der Waals surface area contributed by atoms with Crippen molar-refractivity contribution in [2.45, 2.75) is 18.1 Å². The molecule has 13 heteroatoms. The van der Waals surface area contributed by atoms with Crippen molar-refractivity contribution in [2.24, 2.45) is 0 Å². The molecule has 0 aliphatic heterocycles. The first-order valence-electron chi connectivity index (χ1n) is 6.83. The fourth-order valence-electron chi connectivity index (χ4n) is 1.83. The van der Waals surface area contributed by atoms with Gasteiger partial charge in [0, 0.05) is 0 Å². The van der Waals surface area contributed by atoms with Crippen molar-refractivity contribution in [3.05, 3.63) is 29.5 Å². The van der Waals surface area contributed by atoms with Gasteiger partial charge in [0.1, 0.15) is 0 Å². The number of allylic oxidation sites excluding steroid dienone is 2. The first-order valence-corrected chi connectivity index (χ1v) is 8.24. The Morgan fingerprint density at radius 3 is 1.78 bits per heavy atom. The van der Waals surface area contributed by atoms with E-state index in [0.717, 1.165) is 0 Å². The lowest BCUT2D eigenvalue weighted by molar-refractivity contribution is -0.120. The normalized spacial score (nSPS) is 13.3. The lowest BCUT2D eigenvalue weighted by Gasteiger charge is -2.15. The standard InChI is InChI=1S/C14H14F6O6S/c1-23-9-6-8(7-10(24-2)12(9)25-3)4-5-11(13(15,16)17)26-27(21,22)14(18,19)20/h5-7H,4H2,1-3H3. The van der Waals surface area contributed by atoms with Crippen LogP contribution in [0.3, 0.4) is 0 Å². The molecule has 0 aromatic heterocycles. The third kappa shape index (κ3) is 5.58. The van der Waals surface area contributed by atoms with Crippen molar-refractivity contribution < 1.29 is 53.2 Å². The number of methoxy groups -OCH3 is 3. The summed E-state index contributed by atoms with van der Waals surface area (Å²) in [6, 6.07) is 2.48. The third-order valence-electron chi connectivity index (χ3n) is 3.01. The lowest BCUT2D eigenvalue weighted by atomic mass is 10.1. The van der Waals surface area contributed by atoms with E-state index in [0.29, 0.717) is 0 Å². The molecule has 0 aliphatic rings. The Labute approximate surface area is 150 Å². The Bertz CT molecular complexity index is 772. The molecule has 0 saturated carbocycles. The molecule has 0 unspecified atom stereocenters. The van der Waals surface area contributed by atoms with E-state index in [2.05, 4.69) is 4.18 Å². The molecule has 0 saturated heterocycles. The molecule has 0 radical (unpaired) electrons. The molecule has 0 bridgehead atoms. The molecule has 1 aromatic rings. The quantitative estimate of drug-likeness (QED) is 0.289. The van der Waals surface area contributed by atoms with Crippen LogP contribution in [0.25, 0.3) is 0 Å². The summed E-state index contributed by atoms with van der Waals surface area (Å²) in [6.45, 7) is 0. The fourth-order valence-corrected chi connectivity index (χ4v) is 2.32. The molecule has 154 valence electrons. The Morgan fingerprint density at radius 1 is 0.963 bits per heavy atom. The van der Waals surface area contributed by atoms with Crippen LogP contribution in [0.15, 0.2) is 24.0 Å². The van der Waals surface area contributed by atoms with E-state index in [-0.39, 0.29) is 28.9 Å². The lowest BCUT2D eigenvalue weighted by Crippen LogP contribution is -2.29. The summed E-state index contributed by atoms with van der Waals surface area (Å²) < 4.78 is 115. The number of benzene rings is 1. The zero-order chi connectivity index (χ0) is 21.0. The zero-order valence-electron chi connectivity index (χ0n) is 14.1. The molecule has 0 N–H and O–H groups in total. The van der Waals surface area contributed by atoms with E-state index in [9.17, 15) is 34.8 Å². The van der Waals surface area contributed by atoms with E-state index in [1.54, 1.807) is 0 Å². The van der Waals surface area contributed by atoms with Crippen LogP contribution >= 0.6 is 0 Å². The maximum absolute atomic E-state index is 12.9. The predicted molar refractivity (Wildman–Crippen MR) is 80.0 cm³/mol. The van der Waals surface area contributed by atoms with Gasteiger partial charge in [-0.15, -0.1) is 0 Å². The van der Waals surface area contributed by atoms with Crippen LogP contribution in [-0.2, 0) is 20.7 Å². The number of halogens is 6. The maximum Gasteiger partial charge on any atom is 0.534 e. The fraction of sp³-hybridized carbons (Fsp3) is 0.429. The van der Waals surface area contributed by atoms with Gasteiger partial charge in [0.05, 0.1) is 21.3 Å². The molecule has 0 fully saturated rings. The Hall–Kier alpha value is -2.31. The zero-order valence-corrected chi connectivity index (χ0v) is 14.9. The number of ether oxygens (including phenoxy) is 3. The number of alkyl halides is 6. The summed E-state index contributed by atoms with van der Waals surface area (Å²) in [5.74, 6) is -2.02. The van der Waals surface area contributed by atoms with Crippen molar-refractivity contribution >= 4 is 10.1 Å². The van der Waals surface area contributed by atoms with E-state index in [1.165, 1.54) is 33.5 Å². The van der Waals surface area contributed by atoms with E-state index >= 15 is 0 Å². The van der Waals surface area contributed by atoms with Crippen molar-refractivity contribution in [3.8, 4) is 17.2 Å². The Morgan fingerprint density at radius 2 is 1.44 bits per heavy atom. The Balaban J connectivity index is 3.29. The van der Waals surface area contributed by atoms with Crippen LogP contribution < -0.4 is 14.2 Å². The second-order valence-electron chi connectivity index (χ2n) is 4.79. The van der Waals surface area contributed by atoms with Crippen LogP contribution in [0.5, 0.6) is 17.2 Å². The first-order chi connectivity index (χ1) is 12.3. The monoisotopic (exact) mass is 424 g/mol. The molecule has 6 nitrogen and oxygen atoms in total. The molecule has 27 heavy (non-hydrogen) atoms. The van der Waals surface area contributed by atoms with Gasteiger partial charge in [-0.3, -0.25) is 0 Å². The van der Waals surface area contributed by atoms with Gasteiger partial charge < -0.3 is 18.4 Å². The molecular weight excluding hydrogens is 410 g/mol. The minimum atomic E-state index is -6.48. The van der Waals surface area contributed by atoms with Crippen molar-refractivity contribution in [1.29, 1.82) is 0 Å². The van der Waals surface area contributed by atoms with Gasteiger partial charge in [-0.1, -0.05) is 0 Å². The predicted octanol–water partition coefficient (Wildman–Crippen LogP) is 3.57. The maximum atomic E-state index is 12.9. The van der Waals surface area contributed by atoms with Crippen LogP contribution in [0, 0.1) is 0 Å².